The lowest BCUT2D eigenvalue weighted by molar-refractivity contribution is 0.132. The predicted octanol–water partition coefficient (Wildman–Crippen LogP) is 1.36. The maximum atomic E-state index is 8.65. The van der Waals surface area contributed by atoms with Gasteiger partial charge < -0.3 is 9.84 Å². The zero-order chi connectivity index (χ0) is 12.8. The molecule has 0 saturated carbocycles. The number of anilines is 1. The molecule has 0 fully saturated rings. The Hall–Kier alpha value is -1.92. The summed E-state index contributed by atoms with van der Waals surface area (Å²) in [4.78, 5) is 5.03. The number of aliphatic hydroxyl groups is 1. The highest BCUT2D eigenvalue weighted by atomic mass is 16.6. The van der Waals surface area contributed by atoms with Gasteiger partial charge in [0.05, 0.1) is 19.8 Å². The molecule has 0 spiro atoms. The van der Waals surface area contributed by atoms with E-state index in [-0.39, 0.29) is 13.2 Å². The predicted molar refractivity (Wildman–Crippen MR) is 67.4 cm³/mol. The van der Waals surface area contributed by atoms with Crippen LogP contribution in [-0.2, 0) is 4.84 Å². The topological polar surface area (TPSA) is 76.5 Å². The Morgan fingerprint density at radius 1 is 1.22 bits per heavy atom. The number of rotatable bonds is 6. The maximum Gasteiger partial charge on any atom is 0.241 e. The van der Waals surface area contributed by atoms with Gasteiger partial charge in [0.15, 0.2) is 5.82 Å². The molecule has 2 rings (SSSR count). The molecule has 0 aliphatic carbocycles. The summed E-state index contributed by atoms with van der Waals surface area (Å²) in [6.07, 6.45) is 0. The van der Waals surface area contributed by atoms with Gasteiger partial charge in [0.25, 0.3) is 0 Å². The third kappa shape index (κ3) is 2.66. The maximum absolute atomic E-state index is 8.65. The average molecular weight is 249 g/mol. The summed E-state index contributed by atoms with van der Waals surface area (Å²) >= 11 is 0. The number of nitrogens with zero attached hydrogens (tertiary/aromatic N) is 2. The van der Waals surface area contributed by atoms with Crippen LogP contribution in [0.15, 0.2) is 24.3 Å². The van der Waals surface area contributed by atoms with Gasteiger partial charge in [-0.15, -0.1) is 10.2 Å². The highest BCUT2D eigenvalue weighted by Gasteiger charge is 2.09. The number of hydrogen-bond acceptors (Lipinski definition) is 6. The fraction of sp³-hybridized carbons (Fsp3) is 0.333. The number of fused-ring (bicyclic) bond motifs is 1. The first-order valence-corrected chi connectivity index (χ1v) is 5.73. The van der Waals surface area contributed by atoms with E-state index in [2.05, 4.69) is 15.7 Å². The van der Waals surface area contributed by atoms with Crippen LogP contribution in [0.5, 0.6) is 5.88 Å². The Balaban J connectivity index is 2.34. The van der Waals surface area contributed by atoms with E-state index in [0.717, 1.165) is 10.8 Å². The van der Waals surface area contributed by atoms with E-state index in [0.29, 0.717) is 18.3 Å². The first-order valence-electron chi connectivity index (χ1n) is 5.73. The minimum absolute atomic E-state index is 0.0601. The molecule has 1 aromatic heterocycles. The van der Waals surface area contributed by atoms with E-state index in [1.165, 1.54) is 0 Å². The third-order valence-corrected chi connectivity index (χ3v) is 2.30. The van der Waals surface area contributed by atoms with Gasteiger partial charge in [-0.1, -0.05) is 18.2 Å². The van der Waals surface area contributed by atoms with E-state index in [9.17, 15) is 0 Å². The lowest BCUT2D eigenvalue weighted by Crippen LogP contribution is -2.09. The molecule has 0 aliphatic heterocycles. The molecule has 0 saturated heterocycles. The van der Waals surface area contributed by atoms with E-state index < -0.39 is 0 Å². The average Bonchev–Trinajstić information content (AvgIpc) is 2.41. The van der Waals surface area contributed by atoms with Crippen molar-refractivity contribution < 1.29 is 14.7 Å². The lowest BCUT2D eigenvalue weighted by Gasteiger charge is -2.10. The van der Waals surface area contributed by atoms with Crippen LogP contribution in [0.2, 0.25) is 0 Å². The smallest absolute Gasteiger partial charge is 0.241 e. The second-order valence-corrected chi connectivity index (χ2v) is 3.51. The van der Waals surface area contributed by atoms with E-state index in [1.807, 2.05) is 31.2 Å². The Bertz CT molecular complexity index is 519. The Morgan fingerprint density at radius 3 is 2.72 bits per heavy atom. The summed E-state index contributed by atoms with van der Waals surface area (Å²) in [5.41, 5.74) is 2.67. The van der Waals surface area contributed by atoms with Gasteiger partial charge >= 0.3 is 0 Å². The number of hydrogen-bond donors (Lipinski definition) is 2. The van der Waals surface area contributed by atoms with Crippen LogP contribution in [0.25, 0.3) is 10.8 Å². The van der Waals surface area contributed by atoms with Gasteiger partial charge in [-0.05, 0) is 13.0 Å². The molecule has 2 aromatic rings. The summed E-state index contributed by atoms with van der Waals surface area (Å²) in [5.74, 6) is 1.00. The van der Waals surface area contributed by atoms with Gasteiger partial charge in [-0.3, -0.25) is 4.84 Å². The van der Waals surface area contributed by atoms with Crippen molar-refractivity contribution in [2.45, 2.75) is 6.92 Å². The fourth-order valence-electron chi connectivity index (χ4n) is 1.56. The molecular formula is C12H15N3O3. The molecule has 0 radical (unpaired) electrons. The van der Waals surface area contributed by atoms with Crippen molar-refractivity contribution in [2.24, 2.45) is 0 Å². The highest BCUT2D eigenvalue weighted by molar-refractivity contribution is 5.94. The highest BCUT2D eigenvalue weighted by Crippen LogP contribution is 2.27. The molecule has 18 heavy (non-hydrogen) atoms. The van der Waals surface area contributed by atoms with E-state index in [4.69, 9.17) is 14.7 Å². The number of nitrogens with one attached hydrogen (secondary N) is 1. The fourth-order valence-corrected chi connectivity index (χ4v) is 1.56. The number of benzene rings is 1. The number of aromatic nitrogens is 2. The molecule has 6 nitrogen and oxygen atoms in total. The monoisotopic (exact) mass is 249 g/mol. The molecule has 0 aliphatic rings. The van der Waals surface area contributed by atoms with Crippen LogP contribution in [0.3, 0.4) is 0 Å². The third-order valence-electron chi connectivity index (χ3n) is 2.30. The van der Waals surface area contributed by atoms with Crippen LogP contribution >= 0.6 is 0 Å². The molecular weight excluding hydrogens is 234 g/mol. The van der Waals surface area contributed by atoms with Crippen molar-refractivity contribution in [3.05, 3.63) is 24.3 Å². The zero-order valence-corrected chi connectivity index (χ0v) is 10.1. The van der Waals surface area contributed by atoms with Crippen LogP contribution in [-0.4, -0.2) is 35.1 Å². The summed E-state index contributed by atoms with van der Waals surface area (Å²) in [7, 11) is 0. The molecule has 0 unspecified atom stereocenters. The first-order chi connectivity index (χ1) is 8.86. The van der Waals surface area contributed by atoms with Gasteiger partial charge in [-0.2, -0.15) is 0 Å². The van der Waals surface area contributed by atoms with Crippen LogP contribution in [0.4, 0.5) is 5.82 Å². The second-order valence-electron chi connectivity index (χ2n) is 3.51. The summed E-state index contributed by atoms with van der Waals surface area (Å²) in [6.45, 7) is 2.55. The molecule has 0 atom stereocenters. The minimum Gasteiger partial charge on any atom is -0.476 e. The van der Waals surface area contributed by atoms with Gasteiger partial charge in [0.2, 0.25) is 5.88 Å². The van der Waals surface area contributed by atoms with Gasteiger partial charge in [-0.25, -0.2) is 5.48 Å². The van der Waals surface area contributed by atoms with Crippen LogP contribution in [0.1, 0.15) is 6.92 Å². The van der Waals surface area contributed by atoms with E-state index in [1.54, 1.807) is 0 Å². The summed E-state index contributed by atoms with van der Waals surface area (Å²) < 4.78 is 5.42. The lowest BCUT2D eigenvalue weighted by atomic mass is 10.2. The molecule has 6 heteroatoms. The molecule has 0 amide bonds. The van der Waals surface area contributed by atoms with Crippen molar-refractivity contribution in [3.8, 4) is 5.88 Å². The second kappa shape index (κ2) is 6.13. The minimum atomic E-state index is -0.0601. The molecule has 0 bridgehead atoms. The molecule has 1 aromatic carbocycles. The normalized spacial score (nSPS) is 10.6. The molecule has 1 heterocycles. The Morgan fingerprint density at radius 2 is 2.00 bits per heavy atom. The Kier molecular flexibility index (Phi) is 4.27. The number of ether oxygens (including phenoxy) is 1. The molecule has 96 valence electrons. The Labute approximate surface area is 105 Å². The summed E-state index contributed by atoms with van der Waals surface area (Å²) in [6, 6.07) is 7.62. The number of aliphatic hydroxyl groups excluding tert-OH is 1. The van der Waals surface area contributed by atoms with Crippen molar-refractivity contribution in [3.63, 3.8) is 0 Å². The quantitative estimate of drug-likeness (QED) is 0.594. The summed E-state index contributed by atoms with van der Waals surface area (Å²) in [5, 5.41) is 18.4. The van der Waals surface area contributed by atoms with Gasteiger partial charge in [0.1, 0.15) is 0 Å². The van der Waals surface area contributed by atoms with E-state index >= 15 is 0 Å². The largest absolute Gasteiger partial charge is 0.476 e. The van der Waals surface area contributed by atoms with Crippen molar-refractivity contribution in [1.29, 1.82) is 0 Å². The van der Waals surface area contributed by atoms with Gasteiger partial charge in [0, 0.05) is 10.8 Å². The van der Waals surface area contributed by atoms with Crippen molar-refractivity contribution >= 4 is 16.6 Å². The van der Waals surface area contributed by atoms with Crippen LogP contribution < -0.4 is 10.2 Å². The first kappa shape index (κ1) is 12.5. The van der Waals surface area contributed by atoms with Crippen LogP contribution in [0, 0.1) is 0 Å². The van der Waals surface area contributed by atoms with Crippen molar-refractivity contribution in [1.82, 2.24) is 10.2 Å². The standard InChI is InChI=1S/C12H15N3O3/c1-2-17-12-10-6-4-3-5-9(10)11(13-14-12)15-18-8-7-16/h3-6,16H,2,7-8H2,1H3,(H,13,15). The SMILES string of the molecule is CCOc1nnc(NOCCO)c2ccccc12. The van der Waals surface area contributed by atoms with Crippen molar-refractivity contribution in [2.75, 3.05) is 25.3 Å². The zero-order valence-electron chi connectivity index (χ0n) is 10.1. The molecule has 2 N–H and O–H groups in total.